The predicted octanol–water partition coefficient (Wildman–Crippen LogP) is 4.88. The second-order valence-electron chi connectivity index (χ2n) is 5.39. The monoisotopic (exact) mass is 280 g/mol. The van der Waals surface area contributed by atoms with Crippen molar-refractivity contribution in [3.05, 3.63) is 53.7 Å². The number of anilines is 1. The summed E-state index contributed by atoms with van der Waals surface area (Å²) in [7, 11) is 0. The lowest BCUT2D eigenvalue weighted by Gasteiger charge is -2.08. The Morgan fingerprint density at radius 2 is 2.14 bits per heavy atom. The van der Waals surface area contributed by atoms with E-state index < -0.39 is 0 Å². The number of benzene rings is 1. The largest absolute Gasteiger partial charge is 0.380 e. The quantitative estimate of drug-likeness (QED) is 0.773. The Balaban J connectivity index is 2.03. The van der Waals surface area contributed by atoms with Crippen LogP contribution in [0.25, 0.3) is 5.57 Å². The SMILES string of the molecule is C=C1c2ccccc2NCc2c[nH]c(N=NC(C)CC)c21. The number of H-pyrrole nitrogens is 1. The molecule has 1 aromatic carbocycles. The van der Waals surface area contributed by atoms with E-state index in [1.807, 2.05) is 18.3 Å². The van der Waals surface area contributed by atoms with Crippen molar-refractivity contribution in [1.29, 1.82) is 0 Å². The molecule has 4 heteroatoms. The number of azo groups is 1. The molecule has 2 heterocycles. The fraction of sp³-hybridized carbons (Fsp3) is 0.294. The maximum atomic E-state index is 4.40. The topological polar surface area (TPSA) is 52.5 Å². The van der Waals surface area contributed by atoms with E-state index in [9.17, 15) is 0 Å². The normalized spacial score (nSPS) is 15.2. The molecule has 1 aliphatic rings. The van der Waals surface area contributed by atoms with Crippen molar-refractivity contribution in [2.24, 2.45) is 10.2 Å². The van der Waals surface area contributed by atoms with Crippen molar-refractivity contribution in [3.63, 3.8) is 0 Å². The van der Waals surface area contributed by atoms with Gasteiger partial charge < -0.3 is 10.3 Å². The standard InChI is InChI=1S/C17H20N4/c1-4-11(2)20-21-17-16-12(3)14-7-5-6-8-15(14)18-9-13(16)10-19-17/h5-8,10-11,18-19H,3-4,9H2,1-2H3. The van der Waals surface area contributed by atoms with E-state index in [1.54, 1.807) is 0 Å². The molecule has 0 aliphatic carbocycles. The van der Waals surface area contributed by atoms with Crippen LogP contribution in [-0.4, -0.2) is 11.0 Å². The van der Waals surface area contributed by atoms with Crippen LogP contribution >= 0.6 is 0 Å². The van der Waals surface area contributed by atoms with Crippen LogP contribution in [0.1, 0.15) is 37.0 Å². The fourth-order valence-electron chi connectivity index (χ4n) is 2.47. The molecule has 0 spiro atoms. The van der Waals surface area contributed by atoms with E-state index in [2.05, 4.69) is 53.1 Å². The molecule has 2 N–H and O–H groups in total. The molecule has 0 radical (unpaired) electrons. The summed E-state index contributed by atoms with van der Waals surface area (Å²) in [5.74, 6) is 0.800. The molecule has 0 bridgehead atoms. The van der Waals surface area contributed by atoms with Crippen LogP contribution in [-0.2, 0) is 6.54 Å². The van der Waals surface area contributed by atoms with E-state index in [-0.39, 0.29) is 6.04 Å². The van der Waals surface area contributed by atoms with Gasteiger partial charge >= 0.3 is 0 Å². The summed E-state index contributed by atoms with van der Waals surface area (Å²) in [5.41, 5.74) is 5.47. The zero-order valence-corrected chi connectivity index (χ0v) is 12.5. The van der Waals surface area contributed by atoms with E-state index >= 15 is 0 Å². The van der Waals surface area contributed by atoms with Crippen molar-refractivity contribution in [2.75, 3.05) is 5.32 Å². The Bertz CT molecular complexity index is 697. The van der Waals surface area contributed by atoms with Gasteiger partial charge in [-0.25, -0.2) is 0 Å². The van der Waals surface area contributed by atoms with E-state index in [4.69, 9.17) is 0 Å². The number of hydrogen-bond acceptors (Lipinski definition) is 3. The van der Waals surface area contributed by atoms with Gasteiger partial charge in [0.05, 0.1) is 6.04 Å². The number of para-hydroxylation sites is 1. The fourth-order valence-corrected chi connectivity index (χ4v) is 2.47. The van der Waals surface area contributed by atoms with Crippen molar-refractivity contribution >= 4 is 17.1 Å². The zero-order chi connectivity index (χ0) is 14.8. The Hall–Kier alpha value is -2.36. The lowest BCUT2D eigenvalue weighted by Crippen LogP contribution is -1.97. The van der Waals surface area contributed by atoms with Crippen molar-refractivity contribution in [1.82, 2.24) is 4.98 Å². The van der Waals surface area contributed by atoms with Gasteiger partial charge in [-0.3, -0.25) is 0 Å². The van der Waals surface area contributed by atoms with Crippen molar-refractivity contribution in [2.45, 2.75) is 32.9 Å². The highest BCUT2D eigenvalue weighted by Gasteiger charge is 2.20. The average molecular weight is 280 g/mol. The molecule has 1 aromatic heterocycles. The van der Waals surface area contributed by atoms with Crippen LogP contribution in [0.3, 0.4) is 0 Å². The minimum Gasteiger partial charge on any atom is -0.380 e. The van der Waals surface area contributed by atoms with E-state index in [0.29, 0.717) is 0 Å². The number of nitrogens with one attached hydrogen (secondary N) is 2. The van der Waals surface area contributed by atoms with Crippen LogP contribution in [0.4, 0.5) is 11.5 Å². The minimum atomic E-state index is 0.230. The van der Waals surface area contributed by atoms with Crippen molar-refractivity contribution in [3.8, 4) is 0 Å². The minimum absolute atomic E-state index is 0.230. The third-order valence-electron chi connectivity index (χ3n) is 3.91. The Morgan fingerprint density at radius 3 is 2.95 bits per heavy atom. The third kappa shape index (κ3) is 2.49. The second-order valence-corrected chi connectivity index (χ2v) is 5.39. The summed E-state index contributed by atoms with van der Waals surface area (Å²) >= 11 is 0. The van der Waals surface area contributed by atoms with Gasteiger partial charge in [0.25, 0.3) is 0 Å². The summed E-state index contributed by atoms with van der Waals surface area (Å²) in [6.07, 6.45) is 2.97. The second kappa shape index (κ2) is 5.56. The number of fused-ring (bicyclic) bond motifs is 2. The molecular formula is C17H20N4. The van der Waals surface area contributed by atoms with E-state index in [1.165, 1.54) is 5.56 Å². The molecule has 0 amide bonds. The van der Waals surface area contributed by atoms with Gasteiger partial charge in [-0.05, 0) is 30.5 Å². The highest BCUT2D eigenvalue weighted by molar-refractivity contribution is 5.91. The summed E-state index contributed by atoms with van der Waals surface area (Å²) in [6.45, 7) is 9.22. The van der Waals surface area contributed by atoms with Gasteiger partial charge in [-0.1, -0.05) is 31.7 Å². The molecule has 1 atom stereocenters. The molecule has 1 aliphatic heterocycles. The van der Waals surface area contributed by atoms with Gasteiger partial charge in [0.1, 0.15) is 0 Å². The first kappa shape index (κ1) is 13.6. The van der Waals surface area contributed by atoms with Crippen LogP contribution in [0, 0.1) is 0 Å². The van der Waals surface area contributed by atoms with Gasteiger partial charge in [0, 0.05) is 29.6 Å². The number of hydrogen-bond donors (Lipinski definition) is 2. The first-order valence-corrected chi connectivity index (χ1v) is 7.34. The summed E-state index contributed by atoms with van der Waals surface area (Å²) in [5, 5.41) is 12.2. The third-order valence-corrected chi connectivity index (χ3v) is 3.91. The molecule has 0 saturated carbocycles. The molecular weight excluding hydrogens is 260 g/mol. The molecule has 0 saturated heterocycles. The smallest absolute Gasteiger partial charge is 0.160 e. The molecule has 4 nitrogen and oxygen atoms in total. The van der Waals surface area contributed by atoms with Crippen LogP contribution in [0.2, 0.25) is 0 Å². The summed E-state index contributed by atoms with van der Waals surface area (Å²) < 4.78 is 0. The maximum absolute atomic E-state index is 4.40. The zero-order valence-electron chi connectivity index (χ0n) is 12.5. The maximum Gasteiger partial charge on any atom is 0.160 e. The average Bonchev–Trinajstić information content (AvgIpc) is 2.87. The highest BCUT2D eigenvalue weighted by Crippen LogP contribution is 2.38. The number of aromatic amines is 1. The first-order valence-electron chi connectivity index (χ1n) is 7.34. The number of rotatable bonds is 3. The van der Waals surface area contributed by atoms with Crippen molar-refractivity contribution < 1.29 is 0 Å². The van der Waals surface area contributed by atoms with Gasteiger partial charge in [-0.15, -0.1) is 5.11 Å². The Morgan fingerprint density at radius 1 is 1.33 bits per heavy atom. The highest BCUT2D eigenvalue weighted by atomic mass is 15.2. The number of nitrogens with zero attached hydrogens (tertiary/aromatic N) is 2. The Kier molecular flexibility index (Phi) is 3.60. The van der Waals surface area contributed by atoms with Gasteiger partial charge in [-0.2, -0.15) is 5.11 Å². The summed E-state index contributed by atoms with van der Waals surface area (Å²) in [4.78, 5) is 3.22. The molecule has 0 fully saturated rings. The molecule has 21 heavy (non-hydrogen) atoms. The lowest BCUT2D eigenvalue weighted by atomic mass is 9.98. The van der Waals surface area contributed by atoms with Crippen LogP contribution in [0.15, 0.2) is 47.3 Å². The van der Waals surface area contributed by atoms with E-state index in [0.717, 1.165) is 41.2 Å². The molecule has 108 valence electrons. The molecule has 2 aromatic rings. The molecule has 3 rings (SSSR count). The first-order chi connectivity index (χ1) is 10.2. The lowest BCUT2D eigenvalue weighted by molar-refractivity contribution is 0.679. The van der Waals surface area contributed by atoms with Gasteiger partial charge in [0.15, 0.2) is 5.82 Å². The molecule has 1 unspecified atom stereocenters. The Labute approximate surface area is 125 Å². The summed E-state index contributed by atoms with van der Waals surface area (Å²) in [6, 6.07) is 8.46. The van der Waals surface area contributed by atoms with Crippen LogP contribution in [0.5, 0.6) is 0 Å². The van der Waals surface area contributed by atoms with Crippen LogP contribution < -0.4 is 5.32 Å². The predicted molar refractivity (Wildman–Crippen MR) is 87.0 cm³/mol. The number of aromatic nitrogens is 1. The van der Waals surface area contributed by atoms with Gasteiger partial charge in [0.2, 0.25) is 0 Å².